The van der Waals surface area contributed by atoms with E-state index in [-0.39, 0.29) is 17.9 Å². The Morgan fingerprint density at radius 1 is 0.975 bits per heavy atom. The fraction of sp³-hybridized carbons (Fsp3) is 0.545. The van der Waals surface area contributed by atoms with Crippen molar-refractivity contribution in [1.82, 2.24) is 15.1 Å². The third kappa shape index (κ3) is 6.33. The molecule has 2 aromatic carbocycles. The van der Waals surface area contributed by atoms with Gasteiger partial charge >= 0.3 is 0 Å². The van der Waals surface area contributed by atoms with Crippen molar-refractivity contribution in [2.45, 2.75) is 89.3 Å². The van der Waals surface area contributed by atoms with E-state index < -0.39 is 5.54 Å². The van der Waals surface area contributed by atoms with Gasteiger partial charge in [0.05, 0.1) is 11.6 Å². The van der Waals surface area contributed by atoms with Gasteiger partial charge in [-0.1, -0.05) is 57.6 Å². The average molecular weight is 543 g/mol. The minimum Gasteiger partial charge on any atom is -0.457 e. The number of piperazine rings is 1. The van der Waals surface area contributed by atoms with Crippen LogP contribution in [0, 0.1) is 17.2 Å². The molecule has 40 heavy (non-hydrogen) atoms. The lowest BCUT2D eigenvalue weighted by Crippen LogP contribution is -2.73. The number of rotatable bonds is 9. The summed E-state index contributed by atoms with van der Waals surface area (Å²) in [5.74, 6) is 2.20. The van der Waals surface area contributed by atoms with Crippen LogP contribution >= 0.6 is 0 Å². The maximum atomic E-state index is 13.8. The SMILES string of the molecule is CCCCN1C(=O)[C@H](CC2CCCCC2)NC(=O)C12CCN(Cc1ccc(Oc3ccc(C#N)cc3)cc1)CC2. The Hall–Kier alpha value is -3.37. The predicted octanol–water partition coefficient (Wildman–Crippen LogP) is 5.78. The molecule has 3 fully saturated rings. The Kier molecular flexibility index (Phi) is 9.06. The van der Waals surface area contributed by atoms with Gasteiger partial charge in [0.25, 0.3) is 0 Å². The van der Waals surface area contributed by atoms with Crippen LogP contribution in [-0.4, -0.2) is 52.8 Å². The zero-order valence-corrected chi connectivity index (χ0v) is 23.7. The maximum absolute atomic E-state index is 13.8. The molecule has 7 nitrogen and oxygen atoms in total. The molecule has 2 aliphatic heterocycles. The third-order valence-electron chi connectivity index (χ3n) is 9.07. The zero-order valence-electron chi connectivity index (χ0n) is 23.7. The Labute approximate surface area is 238 Å². The Morgan fingerprint density at radius 2 is 1.62 bits per heavy atom. The number of unbranched alkanes of at least 4 members (excludes halogenated alkanes) is 1. The number of piperidine rings is 1. The molecule has 212 valence electrons. The second kappa shape index (κ2) is 12.9. The van der Waals surface area contributed by atoms with Crippen LogP contribution in [0.5, 0.6) is 11.5 Å². The van der Waals surface area contributed by atoms with Crippen LogP contribution in [0.4, 0.5) is 0 Å². The molecule has 0 radical (unpaired) electrons. The smallest absolute Gasteiger partial charge is 0.246 e. The summed E-state index contributed by atoms with van der Waals surface area (Å²) in [6, 6.07) is 16.9. The van der Waals surface area contributed by atoms with Gasteiger partial charge in [0, 0.05) is 26.2 Å². The van der Waals surface area contributed by atoms with Crippen LogP contribution in [0.2, 0.25) is 0 Å². The van der Waals surface area contributed by atoms with E-state index in [1.54, 1.807) is 24.3 Å². The first-order valence-electron chi connectivity index (χ1n) is 15.1. The van der Waals surface area contributed by atoms with Crippen LogP contribution in [0.25, 0.3) is 0 Å². The molecule has 2 heterocycles. The highest BCUT2D eigenvalue weighted by Crippen LogP contribution is 2.36. The molecule has 1 spiro atoms. The number of hydrogen-bond acceptors (Lipinski definition) is 5. The summed E-state index contributed by atoms with van der Waals surface area (Å²) >= 11 is 0. The van der Waals surface area contributed by atoms with Crippen LogP contribution in [-0.2, 0) is 16.1 Å². The van der Waals surface area contributed by atoms with Crippen molar-refractivity contribution in [3.8, 4) is 17.6 Å². The van der Waals surface area contributed by atoms with E-state index in [4.69, 9.17) is 10.00 Å². The van der Waals surface area contributed by atoms with Gasteiger partial charge < -0.3 is 15.0 Å². The van der Waals surface area contributed by atoms with Crippen molar-refractivity contribution in [2.24, 2.45) is 5.92 Å². The predicted molar refractivity (Wildman–Crippen MR) is 155 cm³/mol. The minimum absolute atomic E-state index is 0.0629. The molecule has 1 atom stereocenters. The lowest BCUT2D eigenvalue weighted by Gasteiger charge is -2.52. The molecular weight excluding hydrogens is 500 g/mol. The number of amides is 2. The van der Waals surface area contributed by atoms with E-state index in [0.717, 1.165) is 44.6 Å². The van der Waals surface area contributed by atoms with Crippen molar-refractivity contribution in [3.05, 3.63) is 59.7 Å². The summed E-state index contributed by atoms with van der Waals surface area (Å²) in [4.78, 5) is 31.8. The van der Waals surface area contributed by atoms with Crippen LogP contribution in [0.15, 0.2) is 48.5 Å². The summed E-state index contributed by atoms with van der Waals surface area (Å²) in [6.07, 6.45) is 10.2. The topological polar surface area (TPSA) is 85.7 Å². The lowest BCUT2D eigenvalue weighted by molar-refractivity contribution is -0.162. The van der Waals surface area contributed by atoms with E-state index in [0.29, 0.717) is 36.6 Å². The zero-order chi connectivity index (χ0) is 28.0. The fourth-order valence-electron chi connectivity index (χ4n) is 6.67. The minimum atomic E-state index is -0.718. The van der Waals surface area contributed by atoms with Gasteiger partial charge in [-0.25, -0.2) is 0 Å². The third-order valence-corrected chi connectivity index (χ3v) is 9.07. The molecule has 2 saturated heterocycles. The summed E-state index contributed by atoms with van der Waals surface area (Å²) < 4.78 is 5.92. The Morgan fingerprint density at radius 3 is 2.25 bits per heavy atom. The fourth-order valence-corrected chi connectivity index (χ4v) is 6.67. The Bertz CT molecular complexity index is 1190. The van der Waals surface area contributed by atoms with Gasteiger partial charge in [-0.15, -0.1) is 0 Å². The highest BCUT2D eigenvalue weighted by atomic mass is 16.5. The summed E-state index contributed by atoms with van der Waals surface area (Å²) in [5, 5.41) is 12.2. The van der Waals surface area contributed by atoms with E-state index in [2.05, 4.69) is 35.3 Å². The van der Waals surface area contributed by atoms with Crippen LogP contribution in [0.1, 0.15) is 82.3 Å². The van der Waals surface area contributed by atoms with Crippen LogP contribution < -0.4 is 10.1 Å². The molecule has 2 amide bonds. The van der Waals surface area contributed by atoms with Crippen molar-refractivity contribution in [2.75, 3.05) is 19.6 Å². The monoisotopic (exact) mass is 542 g/mol. The number of nitriles is 1. The molecule has 7 heteroatoms. The van der Waals surface area contributed by atoms with Gasteiger partial charge in [0.2, 0.25) is 11.8 Å². The summed E-state index contributed by atoms with van der Waals surface area (Å²) in [6.45, 7) is 5.16. The number of hydrogen-bond donors (Lipinski definition) is 1. The van der Waals surface area contributed by atoms with E-state index in [1.165, 1.54) is 37.7 Å². The molecule has 3 aliphatic rings. The molecule has 5 rings (SSSR count). The number of ether oxygens (including phenoxy) is 1. The van der Waals surface area contributed by atoms with Crippen LogP contribution in [0.3, 0.4) is 0 Å². The van der Waals surface area contributed by atoms with Crippen molar-refractivity contribution >= 4 is 11.8 Å². The first-order chi connectivity index (χ1) is 19.5. The molecule has 0 unspecified atom stereocenters. The summed E-state index contributed by atoms with van der Waals surface area (Å²) in [5.41, 5.74) is 1.07. The largest absolute Gasteiger partial charge is 0.457 e. The van der Waals surface area contributed by atoms with E-state index in [9.17, 15) is 9.59 Å². The van der Waals surface area contributed by atoms with Gasteiger partial charge in [0.1, 0.15) is 23.1 Å². The number of likely N-dealkylation sites (tertiary alicyclic amines) is 1. The van der Waals surface area contributed by atoms with Gasteiger partial charge in [-0.3, -0.25) is 14.5 Å². The van der Waals surface area contributed by atoms with Crippen molar-refractivity contribution in [1.29, 1.82) is 5.26 Å². The highest BCUT2D eigenvalue weighted by Gasteiger charge is 2.53. The van der Waals surface area contributed by atoms with E-state index >= 15 is 0 Å². The maximum Gasteiger partial charge on any atom is 0.246 e. The number of nitrogens with one attached hydrogen (secondary N) is 1. The average Bonchev–Trinajstić information content (AvgIpc) is 2.99. The van der Waals surface area contributed by atoms with Gasteiger partial charge in [-0.05, 0) is 73.6 Å². The summed E-state index contributed by atoms with van der Waals surface area (Å²) in [7, 11) is 0. The highest BCUT2D eigenvalue weighted by molar-refractivity contribution is 6.00. The number of nitrogens with zero attached hydrogens (tertiary/aromatic N) is 3. The number of carbonyl (C=O) groups is 2. The molecule has 1 saturated carbocycles. The Balaban J connectivity index is 1.19. The number of carbonyl (C=O) groups excluding carboxylic acids is 2. The van der Waals surface area contributed by atoms with E-state index in [1.807, 2.05) is 17.0 Å². The van der Waals surface area contributed by atoms with Gasteiger partial charge in [0.15, 0.2) is 0 Å². The first kappa shape index (κ1) is 28.2. The lowest BCUT2D eigenvalue weighted by atomic mass is 9.79. The van der Waals surface area contributed by atoms with Gasteiger partial charge in [-0.2, -0.15) is 5.26 Å². The molecule has 1 aliphatic carbocycles. The molecule has 0 bridgehead atoms. The molecule has 2 aromatic rings. The molecular formula is C33H42N4O3. The number of benzene rings is 2. The van der Waals surface area contributed by atoms with Crippen molar-refractivity contribution < 1.29 is 14.3 Å². The second-order valence-electron chi connectivity index (χ2n) is 11.8. The quantitative estimate of drug-likeness (QED) is 0.434. The molecule has 0 aromatic heterocycles. The van der Waals surface area contributed by atoms with Crippen molar-refractivity contribution in [3.63, 3.8) is 0 Å². The normalized spacial score (nSPS) is 21.7. The second-order valence-corrected chi connectivity index (χ2v) is 11.8. The first-order valence-corrected chi connectivity index (χ1v) is 15.1. The molecule has 1 N–H and O–H groups in total. The standard InChI is InChI=1S/C33H42N4O3/c1-2-3-19-37-31(38)30(22-25-7-5-4-6-8-25)35-32(39)33(37)17-20-36(21-18-33)24-27-11-15-29(16-12-27)40-28-13-9-26(23-34)10-14-28/h9-16,25,30H,2-8,17-22,24H2,1H3,(H,35,39)/t30-/m0/s1.